The summed E-state index contributed by atoms with van der Waals surface area (Å²) in [6.07, 6.45) is 0. The van der Waals surface area contributed by atoms with E-state index in [9.17, 15) is 0 Å². The van der Waals surface area contributed by atoms with Crippen LogP contribution in [0.1, 0.15) is 11.1 Å². The molecule has 0 aliphatic heterocycles. The normalized spacial score (nSPS) is 12.6. The van der Waals surface area contributed by atoms with Gasteiger partial charge in [0.05, 0.1) is 0 Å². The maximum absolute atomic E-state index is 2.36. The van der Waals surface area contributed by atoms with Gasteiger partial charge in [-0.2, -0.15) is 0 Å². The zero-order valence-corrected chi connectivity index (χ0v) is 27.9. The third kappa shape index (κ3) is 3.27. The molecular weight excluding hydrogens is 601 g/mol. The molecule has 0 saturated heterocycles. The monoisotopic (exact) mass is 630 g/mol. The van der Waals surface area contributed by atoms with Crippen molar-refractivity contribution in [2.45, 2.75) is 13.8 Å². The fourth-order valence-electron chi connectivity index (χ4n) is 9.63. The topological polar surface area (TPSA) is 0 Å². The van der Waals surface area contributed by atoms with E-state index in [1.807, 2.05) is 0 Å². The predicted molar refractivity (Wildman–Crippen MR) is 218 cm³/mol. The Hall–Kier alpha value is -6.24. The van der Waals surface area contributed by atoms with Crippen LogP contribution in [0.5, 0.6) is 0 Å². The van der Waals surface area contributed by atoms with E-state index in [1.54, 1.807) is 0 Å². The van der Waals surface area contributed by atoms with Gasteiger partial charge in [-0.25, -0.2) is 0 Å². The second-order valence-electron chi connectivity index (χ2n) is 14.5. The van der Waals surface area contributed by atoms with Crippen LogP contribution in [0.4, 0.5) is 0 Å². The average molecular weight is 631 g/mol. The summed E-state index contributed by atoms with van der Waals surface area (Å²) in [6.45, 7) is 4.46. The minimum Gasteiger partial charge on any atom is -0.0581 e. The van der Waals surface area contributed by atoms with Crippen molar-refractivity contribution < 1.29 is 0 Å². The summed E-state index contributed by atoms with van der Waals surface area (Å²) >= 11 is 0. The quantitative estimate of drug-likeness (QED) is 0.167. The van der Waals surface area contributed by atoms with Gasteiger partial charge in [-0.3, -0.25) is 0 Å². The third-order valence-corrected chi connectivity index (χ3v) is 12.0. The molecule has 0 unspecified atom stereocenters. The summed E-state index contributed by atoms with van der Waals surface area (Å²) in [5.41, 5.74) is 7.85. The van der Waals surface area contributed by atoms with Crippen molar-refractivity contribution in [3.05, 3.63) is 157 Å². The molecule has 0 heteroatoms. The smallest absolute Gasteiger partial charge is 0.00203 e. The van der Waals surface area contributed by atoms with Crippen LogP contribution in [0.2, 0.25) is 0 Å². The maximum Gasteiger partial charge on any atom is -0.00203 e. The zero-order valence-electron chi connectivity index (χ0n) is 27.9. The Morgan fingerprint density at radius 3 is 0.680 bits per heavy atom. The summed E-state index contributed by atoms with van der Waals surface area (Å²) in [4.78, 5) is 0. The largest absolute Gasteiger partial charge is 0.0581 e. The molecule has 0 spiro atoms. The second-order valence-corrected chi connectivity index (χ2v) is 14.5. The number of hydrogen-bond donors (Lipinski definition) is 0. The highest BCUT2D eigenvalue weighted by Crippen LogP contribution is 2.47. The van der Waals surface area contributed by atoms with Gasteiger partial charge in [0.15, 0.2) is 0 Å². The van der Waals surface area contributed by atoms with Gasteiger partial charge in [-0.15, -0.1) is 0 Å². The Balaban J connectivity index is 1.15. The lowest BCUT2D eigenvalue weighted by atomic mass is 9.84. The highest BCUT2D eigenvalue weighted by atomic mass is 14.2. The third-order valence-electron chi connectivity index (χ3n) is 12.0. The molecule has 0 saturated carbocycles. The van der Waals surface area contributed by atoms with Gasteiger partial charge in [0, 0.05) is 0 Å². The number of aryl methyl sites for hydroxylation is 2. The fraction of sp³-hybridized carbons (Fsp3) is 0.0400. The van der Waals surface area contributed by atoms with Crippen molar-refractivity contribution >= 4 is 97.0 Å². The first-order valence-electron chi connectivity index (χ1n) is 17.7. The number of rotatable bonds is 2. The van der Waals surface area contributed by atoms with Crippen LogP contribution in [0.15, 0.2) is 146 Å². The summed E-state index contributed by atoms with van der Waals surface area (Å²) < 4.78 is 0. The lowest BCUT2D eigenvalue weighted by molar-refractivity contribution is 1.55. The standard InChI is InChI=1S/C50H30/c1-27-3-5-29-13-23-41-37(19-9-31-7-17-35(27)45(29)47(31)41)39-21-11-33-16-26-44-40(22-12-34-15-25-43(39)49(33)50(34)44)38-20-10-32-8-18-36-28(2)4-6-30-14-24-42(38)48(32)46(30)36/h3-26H,1-2H3. The van der Waals surface area contributed by atoms with Crippen LogP contribution < -0.4 is 0 Å². The molecular formula is C50H30. The minimum atomic E-state index is 1.29. The second kappa shape index (κ2) is 9.26. The van der Waals surface area contributed by atoms with E-state index < -0.39 is 0 Å². The fourth-order valence-corrected chi connectivity index (χ4v) is 9.63. The molecule has 0 fully saturated rings. The van der Waals surface area contributed by atoms with Gasteiger partial charge in [0.2, 0.25) is 0 Å². The Kier molecular flexibility index (Phi) is 4.94. The Labute approximate surface area is 288 Å². The van der Waals surface area contributed by atoms with E-state index in [0.717, 1.165) is 0 Å². The number of hydrogen-bond acceptors (Lipinski definition) is 0. The molecule has 230 valence electrons. The van der Waals surface area contributed by atoms with Gasteiger partial charge in [-0.1, -0.05) is 146 Å². The first kappa shape index (κ1) is 26.7. The molecule has 0 radical (unpaired) electrons. The van der Waals surface area contributed by atoms with Crippen molar-refractivity contribution in [1.29, 1.82) is 0 Å². The summed E-state index contributed by atoms with van der Waals surface area (Å²) in [5.74, 6) is 0. The highest BCUT2D eigenvalue weighted by molar-refractivity contribution is 6.32. The summed E-state index contributed by atoms with van der Waals surface area (Å²) in [5, 5.41) is 24.0. The van der Waals surface area contributed by atoms with Gasteiger partial charge < -0.3 is 0 Å². The lowest BCUT2D eigenvalue weighted by Crippen LogP contribution is -1.92. The molecule has 50 heavy (non-hydrogen) atoms. The van der Waals surface area contributed by atoms with Crippen LogP contribution in [-0.4, -0.2) is 0 Å². The van der Waals surface area contributed by atoms with E-state index >= 15 is 0 Å². The first-order chi connectivity index (χ1) is 24.6. The van der Waals surface area contributed by atoms with E-state index in [-0.39, 0.29) is 0 Å². The van der Waals surface area contributed by atoms with Crippen LogP contribution in [-0.2, 0) is 0 Å². The molecule has 12 rings (SSSR count). The molecule has 0 nitrogen and oxygen atoms in total. The molecule has 0 aliphatic carbocycles. The molecule has 0 amide bonds. The van der Waals surface area contributed by atoms with Gasteiger partial charge in [-0.05, 0) is 144 Å². The first-order valence-corrected chi connectivity index (χ1v) is 17.7. The van der Waals surface area contributed by atoms with E-state index in [0.29, 0.717) is 0 Å². The van der Waals surface area contributed by atoms with Crippen LogP contribution >= 0.6 is 0 Å². The van der Waals surface area contributed by atoms with Crippen LogP contribution in [0, 0.1) is 13.8 Å². The molecule has 0 aliphatic rings. The molecule has 0 atom stereocenters. The Morgan fingerprint density at radius 1 is 0.200 bits per heavy atom. The zero-order chi connectivity index (χ0) is 32.8. The van der Waals surface area contributed by atoms with Gasteiger partial charge in [0.1, 0.15) is 0 Å². The molecule has 0 N–H and O–H groups in total. The molecule has 0 aromatic heterocycles. The summed E-state index contributed by atoms with van der Waals surface area (Å²) in [7, 11) is 0. The minimum absolute atomic E-state index is 1.29. The molecule has 12 aromatic carbocycles. The highest BCUT2D eigenvalue weighted by Gasteiger charge is 2.19. The van der Waals surface area contributed by atoms with Crippen molar-refractivity contribution in [2.24, 2.45) is 0 Å². The summed E-state index contributed by atoms with van der Waals surface area (Å²) in [6, 6.07) is 55.7. The predicted octanol–water partition coefficient (Wildman–Crippen LogP) is 14.3. The average Bonchev–Trinajstić information content (AvgIpc) is 3.16. The van der Waals surface area contributed by atoms with E-state index in [4.69, 9.17) is 0 Å². The Bertz CT molecular complexity index is 3150. The van der Waals surface area contributed by atoms with Gasteiger partial charge >= 0.3 is 0 Å². The Morgan fingerprint density at radius 2 is 0.400 bits per heavy atom. The lowest BCUT2D eigenvalue weighted by Gasteiger charge is -2.19. The maximum atomic E-state index is 2.36. The van der Waals surface area contributed by atoms with E-state index in [2.05, 4.69) is 159 Å². The molecule has 0 heterocycles. The van der Waals surface area contributed by atoms with E-state index in [1.165, 1.54) is 130 Å². The number of benzene rings is 12. The van der Waals surface area contributed by atoms with Crippen LogP contribution in [0.3, 0.4) is 0 Å². The molecule has 0 bridgehead atoms. The van der Waals surface area contributed by atoms with Crippen molar-refractivity contribution in [3.63, 3.8) is 0 Å². The SMILES string of the molecule is Cc1ccc2ccc3c(-c4ccc5ccc6c(-c7ccc8ccc9c(C)ccc%10ccc7c8c%109)ccc7ccc4c5c76)ccc4ccc1c2c43. The van der Waals surface area contributed by atoms with Crippen LogP contribution in [0.25, 0.3) is 119 Å². The molecule has 12 aromatic rings. The van der Waals surface area contributed by atoms with Crippen molar-refractivity contribution in [2.75, 3.05) is 0 Å². The van der Waals surface area contributed by atoms with Crippen molar-refractivity contribution in [3.8, 4) is 22.3 Å². The van der Waals surface area contributed by atoms with Gasteiger partial charge in [0.25, 0.3) is 0 Å². The van der Waals surface area contributed by atoms with Crippen molar-refractivity contribution in [1.82, 2.24) is 0 Å².